The molecule has 8 nitrogen and oxygen atoms in total. The lowest BCUT2D eigenvalue weighted by Gasteiger charge is -2.12. The number of rotatable bonds is 9. The maximum absolute atomic E-state index is 12.7. The summed E-state index contributed by atoms with van der Waals surface area (Å²) in [5.41, 5.74) is 2.27. The van der Waals surface area contributed by atoms with Crippen LogP contribution < -0.4 is 20.1 Å². The molecule has 2 N–H and O–H groups in total. The highest BCUT2D eigenvalue weighted by Crippen LogP contribution is 2.31. The van der Waals surface area contributed by atoms with E-state index in [9.17, 15) is 9.18 Å². The highest BCUT2D eigenvalue weighted by molar-refractivity contribution is 5.98. The molecule has 9 heteroatoms. The molecule has 0 fully saturated rings. The lowest BCUT2D eigenvalue weighted by Crippen LogP contribution is -2.07. The lowest BCUT2D eigenvalue weighted by molar-refractivity contribution is -0.111. The van der Waals surface area contributed by atoms with E-state index in [4.69, 9.17) is 9.47 Å². The SMILES string of the molecule is C=CC(=O)Nc1cccc(Oc2nc(Nc3ccc4c(ccn4CCF)c3)ncc2OC)c1. The molecule has 0 spiro atoms. The molecule has 33 heavy (non-hydrogen) atoms. The van der Waals surface area contributed by atoms with Crippen LogP contribution in [0.2, 0.25) is 0 Å². The summed E-state index contributed by atoms with van der Waals surface area (Å²) in [5.74, 6) is 0.993. The molecule has 0 aliphatic carbocycles. The van der Waals surface area contributed by atoms with E-state index in [1.165, 1.54) is 19.4 Å². The molecular formula is C24H22FN5O3. The van der Waals surface area contributed by atoms with Gasteiger partial charge in [0.25, 0.3) is 5.88 Å². The van der Waals surface area contributed by atoms with Crippen LogP contribution in [0.1, 0.15) is 0 Å². The first-order chi connectivity index (χ1) is 16.1. The van der Waals surface area contributed by atoms with Gasteiger partial charge >= 0.3 is 0 Å². The van der Waals surface area contributed by atoms with Crippen LogP contribution in [0.25, 0.3) is 10.9 Å². The largest absolute Gasteiger partial charge is 0.490 e. The predicted molar refractivity (Wildman–Crippen MR) is 125 cm³/mol. The number of nitrogens with one attached hydrogen (secondary N) is 2. The summed E-state index contributed by atoms with van der Waals surface area (Å²) in [4.78, 5) is 20.3. The lowest BCUT2D eigenvalue weighted by atomic mass is 10.2. The zero-order chi connectivity index (χ0) is 23.2. The van der Waals surface area contributed by atoms with Gasteiger partial charge in [0.05, 0.1) is 19.9 Å². The molecule has 4 aromatic rings. The van der Waals surface area contributed by atoms with Crippen molar-refractivity contribution >= 4 is 34.1 Å². The summed E-state index contributed by atoms with van der Waals surface area (Å²) < 4.78 is 25.8. The molecule has 1 amide bonds. The van der Waals surface area contributed by atoms with Gasteiger partial charge < -0.3 is 24.7 Å². The first-order valence-corrected chi connectivity index (χ1v) is 10.1. The number of nitrogens with zero attached hydrogens (tertiary/aromatic N) is 3. The second-order valence-electron chi connectivity index (χ2n) is 6.99. The van der Waals surface area contributed by atoms with Crippen molar-refractivity contribution in [1.29, 1.82) is 0 Å². The van der Waals surface area contributed by atoms with Crippen LogP contribution in [0.5, 0.6) is 17.4 Å². The maximum atomic E-state index is 12.7. The molecule has 2 heterocycles. The minimum absolute atomic E-state index is 0.206. The normalized spacial score (nSPS) is 10.6. The van der Waals surface area contributed by atoms with Gasteiger partial charge in [-0.05, 0) is 42.5 Å². The highest BCUT2D eigenvalue weighted by Gasteiger charge is 2.12. The average molecular weight is 447 g/mol. The first-order valence-electron chi connectivity index (χ1n) is 10.1. The van der Waals surface area contributed by atoms with Gasteiger partial charge in [-0.25, -0.2) is 9.37 Å². The van der Waals surface area contributed by atoms with Crippen molar-refractivity contribution in [3.05, 3.63) is 73.6 Å². The smallest absolute Gasteiger partial charge is 0.267 e. The molecule has 0 bridgehead atoms. The van der Waals surface area contributed by atoms with Gasteiger partial charge in [-0.1, -0.05) is 12.6 Å². The van der Waals surface area contributed by atoms with Crippen molar-refractivity contribution < 1.29 is 18.7 Å². The van der Waals surface area contributed by atoms with Gasteiger partial charge in [0.15, 0.2) is 5.75 Å². The van der Waals surface area contributed by atoms with Crippen LogP contribution >= 0.6 is 0 Å². The number of carbonyl (C=O) groups is 1. The Kier molecular flexibility index (Phi) is 6.49. The van der Waals surface area contributed by atoms with Crippen LogP contribution in [-0.2, 0) is 11.3 Å². The van der Waals surface area contributed by atoms with E-state index < -0.39 is 6.67 Å². The van der Waals surface area contributed by atoms with E-state index in [2.05, 4.69) is 27.2 Å². The number of benzene rings is 2. The molecule has 0 radical (unpaired) electrons. The fourth-order valence-electron chi connectivity index (χ4n) is 3.26. The summed E-state index contributed by atoms with van der Waals surface area (Å²) in [6, 6.07) is 14.5. The van der Waals surface area contributed by atoms with E-state index in [0.717, 1.165) is 16.6 Å². The van der Waals surface area contributed by atoms with Gasteiger partial charge in [0, 0.05) is 34.5 Å². The van der Waals surface area contributed by atoms with E-state index in [1.54, 1.807) is 24.3 Å². The number of alkyl halides is 1. The number of amides is 1. The van der Waals surface area contributed by atoms with Crippen LogP contribution in [0, 0.1) is 0 Å². The zero-order valence-corrected chi connectivity index (χ0v) is 17.9. The van der Waals surface area contributed by atoms with Crippen molar-refractivity contribution in [1.82, 2.24) is 14.5 Å². The Hall–Kier alpha value is -4.40. The number of methoxy groups -OCH3 is 1. The standard InChI is InChI=1S/C24H22FN5O3/c1-3-22(31)27-17-5-4-6-19(14-17)33-23-21(32-2)15-26-24(29-23)28-18-7-8-20-16(13-18)9-11-30(20)12-10-25/h3-9,11,13-15H,1,10,12H2,2H3,(H,27,31)(H,26,28,29). The zero-order valence-electron chi connectivity index (χ0n) is 17.9. The number of anilines is 3. The summed E-state index contributed by atoms with van der Waals surface area (Å²) >= 11 is 0. The fourth-order valence-corrected chi connectivity index (χ4v) is 3.26. The van der Waals surface area contributed by atoms with E-state index in [1.807, 2.05) is 35.0 Å². The van der Waals surface area contributed by atoms with Crippen LogP contribution in [-0.4, -0.2) is 34.2 Å². The number of ether oxygens (including phenoxy) is 2. The molecule has 0 atom stereocenters. The Morgan fingerprint density at radius 1 is 1.21 bits per heavy atom. The fraction of sp³-hybridized carbons (Fsp3) is 0.125. The minimum atomic E-state index is -0.421. The maximum Gasteiger partial charge on any atom is 0.267 e. The molecule has 4 rings (SSSR count). The van der Waals surface area contributed by atoms with Gasteiger partial charge in [-0.3, -0.25) is 4.79 Å². The topological polar surface area (TPSA) is 90.3 Å². The number of aromatic nitrogens is 3. The van der Waals surface area contributed by atoms with Gasteiger partial charge in [0.2, 0.25) is 11.9 Å². The van der Waals surface area contributed by atoms with Crippen molar-refractivity contribution in [2.24, 2.45) is 0 Å². The molecule has 0 aliphatic heterocycles. The third kappa shape index (κ3) is 5.09. The second kappa shape index (κ2) is 9.82. The van der Waals surface area contributed by atoms with Crippen molar-refractivity contribution in [3.8, 4) is 17.4 Å². The highest BCUT2D eigenvalue weighted by atomic mass is 19.1. The predicted octanol–water partition coefficient (Wildman–Crippen LogP) is 5.07. The number of hydrogen-bond donors (Lipinski definition) is 2. The molecular weight excluding hydrogens is 425 g/mol. The molecule has 0 unspecified atom stereocenters. The molecule has 2 aromatic heterocycles. The number of carbonyl (C=O) groups excluding carboxylic acids is 1. The first kappa shape index (κ1) is 21.8. The van der Waals surface area contributed by atoms with Crippen LogP contribution in [0.15, 0.2) is 73.6 Å². The van der Waals surface area contributed by atoms with Crippen LogP contribution in [0.4, 0.5) is 21.7 Å². The van der Waals surface area contributed by atoms with Gasteiger partial charge in [-0.15, -0.1) is 0 Å². The van der Waals surface area contributed by atoms with E-state index >= 15 is 0 Å². The quantitative estimate of drug-likeness (QED) is 0.348. The van der Waals surface area contributed by atoms with Crippen molar-refractivity contribution in [2.45, 2.75) is 6.54 Å². The van der Waals surface area contributed by atoms with Gasteiger partial charge in [-0.2, -0.15) is 4.98 Å². The number of aryl methyl sites for hydroxylation is 1. The number of hydrogen-bond acceptors (Lipinski definition) is 6. The Bertz CT molecular complexity index is 1300. The Balaban J connectivity index is 1.56. The third-order valence-corrected chi connectivity index (χ3v) is 4.80. The molecule has 0 aliphatic rings. The Morgan fingerprint density at radius 3 is 2.88 bits per heavy atom. The number of fused-ring (bicyclic) bond motifs is 1. The summed E-state index contributed by atoms with van der Waals surface area (Å²) in [6.45, 7) is 3.34. The molecule has 2 aromatic carbocycles. The van der Waals surface area contributed by atoms with Crippen molar-refractivity contribution in [2.75, 3.05) is 24.4 Å². The van der Waals surface area contributed by atoms with E-state index in [-0.39, 0.29) is 11.8 Å². The summed E-state index contributed by atoms with van der Waals surface area (Å²) in [7, 11) is 1.50. The molecule has 168 valence electrons. The number of halogens is 1. The third-order valence-electron chi connectivity index (χ3n) is 4.80. The Labute approximate surface area is 189 Å². The van der Waals surface area contributed by atoms with E-state index in [0.29, 0.717) is 29.7 Å². The summed E-state index contributed by atoms with van der Waals surface area (Å²) in [5, 5.41) is 6.80. The van der Waals surface area contributed by atoms with Crippen molar-refractivity contribution in [3.63, 3.8) is 0 Å². The minimum Gasteiger partial charge on any atom is -0.490 e. The van der Waals surface area contributed by atoms with Gasteiger partial charge in [0.1, 0.15) is 12.4 Å². The monoisotopic (exact) mass is 447 g/mol. The van der Waals surface area contributed by atoms with Crippen LogP contribution in [0.3, 0.4) is 0 Å². The second-order valence-corrected chi connectivity index (χ2v) is 6.99. The summed E-state index contributed by atoms with van der Waals surface area (Å²) in [6.07, 6.45) is 4.55. The Morgan fingerprint density at radius 2 is 2.09 bits per heavy atom. The molecule has 0 saturated heterocycles. The average Bonchev–Trinajstić information content (AvgIpc) is 3.22. The molecule has 0 saturated carbocycles.